The molecule has 0 radical (unpaired) electrons. The summed E-state index contributed by atoms with van der Waals surface area (Å²) in [5.74, 6) is 3.10. The number of nitrogens with zero attached hydrogens (tertiary/aromatic N) is 1. The van der Waals surface area contributed by atoms with Crippen LogP contribution in [0.2, 0.25) is 0 Å². The van der Waals surface area contributed by atoms with E-state index in [1.807, 2.05) is 66.9 Å². The fourth-order valence-electron chi connectivity index (χ4n) is 5.51. The van der Waals surface area contributed by atoms with E-state index in [-0.39, 0.29) is 25.2 Å². The molecular weight excluding hydrogens is 727 g/mol. The van der Waals surface area contributed by atoms with Gasteiger partial charge in [-0.2, -0.15) is 0 Å². The number of thioether (sulfide) groups is 1. The summed E-state index contributed by atoms with van der Waals surface area (Å²) in [6.07, 6.45) is 3.57. The minimum Gasteiger partial charge on any atom is -0.496 e. The van der Waals surface area contributed by atoms with Crippen LogP contribution < -0.4 is 34.9 Å². The van der Waals surface area contributed by atoms with E-state index < -0.39 is 11.4 Å². The van der Waals surface area contributed by atoms with Crippen molar-refractivity contribution >= 4 is 69.1 Å². The second kappa shape index (κ2) is 18.0. The molecular formula is C40H47N5O7S2. The van der Waals surface area contributed by atoms with Gasteiger partial charge in [-0.15, -0.1) is 11.8 Å². The number of pyridine rings is 1. The fraction of sp³-hybridized carbons (Fsp3) is 0.300. The van der Waals surface area contributed by atoms with Crippen LogP contribution in [0.25, 0.3) is 10.8 Å². The summed E-state index contributed by atoms with van der Waals surface area (Å²) in [5.41, 5.74) is 2.51. The molecule has 1 heterocycles. The Hall–Kier alpha value is -4.86. The van der Waals surface area contributed by atoms with Gasteiger partial charge in [0, 0.05) is 57.1 Å². The minimum atomic E-state index is -1.00. The van der Waals surface area contributed by atoms with E-state index in [9.17, 15) is 20.1 Å². The third-order valence-electron chi connectivity index (χ3n) is 8.69. The average Bonchev–Trinajstić information content (AvgIpc) is 3.16. The number of fused-ring (bicyclic) bond motifs is 1. The molecule has 5 aromatic rings. The maximum Gasteiger partial charge on any atom is 0.323 e. The van der Waals surface area contributed by atoms with Crippen molar-refractivity contribution in [3.8, 4) is 23.0 Å². The maximum absolute atomic E-state index is 13.5. The predicted octanol–water partition coefficient (Wildman–Crippen LogP) is 8.47. The Morgan fingerprint density at radius 3 is 2.17 bits per heavy atom. The number of anilines is 5. The van der Waals surface area contributed by atoms with E-state index >= 15 is 0 Å². The van der Waals surface area contributed by atoms with Crippen LogP contribution in [0, 0.1) is 5.41 Å². The third kappa shape index (κ3) is 9.62. The van der Waals surface area contributed by atoms with Crippen molar-refractivity contribution in [2.75, 3.05) is 66.7 Å². The van der Waals surface area contributed by atoms with Crippen molar-refractivity contribution in [3.05, 3.63) is 90.6 Å². The third-order valence-corrected chi connectivity index (χ3v) is 10.5. The number of methoxy groups -OCH3 is 2. The highest BCUT2D eigenvalue weighted by molar-refractivity contribution is 8.00. The van der Waals surface area contributed by atoms with Crippen molar-refractivity contribution in [2.45, 2.75) is 31.1 Å². The normalized spacial score (nSPS) is 11.6. The highest BCUT2D eigenvalue weighted by Crippen LogP contribution is 2.41. The molecule has 54 heavy (non-hydrogen) atoms. The first-order chi connectivity index (χ1) is 26.0. The topological polar surface area (TPSA) is 166 Å². The molecule has 0 bridgehead atoms. The zero-order valence-corrected chi connectivity index (χ0v) is 32.8. The van der Waals surface area contributed by atoms with Gasteiger partial charge in [0.1, 0.15) is 23.1 Å². The van der Waals surface area contributed by atoms with E-state index in [0.29, 0.717) is 45.9 Å². The van der Waals surface area contributed by atoms with Gasteiger partial charge in [0.2, 0.25) is 0 Å². The van der Waals surface area contributed by atoms with Crippen molar-refractivity contribution < 1.29 is 34.3 Å². The quantitative estimate of drug-likeness (QED) is 0.0378. The van der Waals surface area contributed by atoms with Crippen LogP contribution in [0.4, 0.5) is 33.4 Å². The number of carbonyl (C=O) groups is 1. The summed E-state index contributed by atoms with van der Waals surface area (Å²) >= 11 is 2.82. The van der Waals surface area contributed by atoms with E-state index in [1.54, 1.807) is 38.6 Å². The number of amides is 2. The number of hydrogen-bond donors (Lipinski definition) is 7. The van der Waals surface area contributed by atoms with Gasteiger partial charge in [-0.05, 0) is 53.4 Å². The van der Waals surface area contributed by atoms with Crippen LogP contribution in [0.3, 0.4) is 0 Å². The van der Waals surface area contributed by atoms with Gasteiger partial charge in [0.25, 0.3) is 0 Å². The average molecular weight is 774 g/mol. The number of benzene rings is 4. The van der Waals surface area contributed by atoms with Crippen molar-refractivity contribution in [1.29, 1.82) is 0 Å². The van der Waals surface area contributed by atoms with Gasteiger partial charge in [-0.3, -0.25) is 0 Å². The van der Waals surface area contributed by atoms with Crippen molar-refractivity contribution in [3.63, 3.8) is 0 Å². The predicted molar refractivity (Wildman–Crippen MR) is 220 cm³/mol. The molecule has 5 rings (SSSR count). The van der Waals surface area contributed by atoms with Crippen LogP contribution in [-0.4, -0.2) is 72.4 Å². The molecule has 0 spiro atoms. The number of ether oxygens (including phenoxy) is 3. The van der Waals surface area contributed by atoms with E-state index in [1.165, 1.54) is 23.7 Å². The van der Waals surface area contributed by atoms with Crippen LogP contribution in [0.1, 0.15) is 26.3 Å². The lowest BCUT2D eigenvalue weighted by Gasteiger charge is -2.27. The van der Waals surface area contributed by atoms with Gasteiger partial charge in [-0.1, -0.05) is 57.0 Å². The number of aliphatic hydroxyl groups excluding tert-OH is 3. The highest BCUT2D eigenvalue weighted by Gasteiger charge is 2.29. The summed E-state index contributed by atoms with van der Waals surface area (Å²) in [5, 5.41) is 39.9. The van der Waals surface area contributed by atoms with E-state index in [0.717, 1.165) is 32.6 Å². The van der Waals surface area contributed by atoms with Crippen molar-refractivity contribution in [1.82, 2.24) is 4.98 Å². The number of nitrogens with one attached hydrogen (secondary N) is 4. The molecule has 12 nitrogen and oxygen atoms in total. The van der Waals surface area contributed by atoms with Crippen LogP contribution in [-0.2, 0) is 5.41 Å². The number of rotatable bonds is 16. The lowest BCUT2D eigenvalue weighted by Crippen LogP contribution is -2.36. The standard InChI is InChI=1S/C40H47N5O7S2/c1-39(2,3)25-17-31(37(51-5)32(18-25)45-53-6)44-38(49)43-30-12-13-33(29-10-8-7-9-28(29)30)52-27-15-16-41-36(20-27)42-26-11-14-35(34(19-26)50-4)54-24-40(21-46,22-47)23-48/h7-20,45-48H,21-24H2,1-6H3,(H,41,42)(H2,43,44,49). The summed E-state index contributed by atoms with van der Waals surface area (Å²) in [4.78, 5) is 18.7. The summed E-state index contributed by atoms with van der Waals surface area (Å²) in [6.45, 7) is 5.33. The molecule has 0 fully saturated rings. The molecule has 0 saturated heterocycles. The first-order valence-corrected chi connectivity index (χ1v) is 19.3. The first-order valence-electron chi connectivity index (χ1n) is 17.1. The molecule has 0 unspecified atom stereocenters. The second-order valence-corrected chi connectivity index (χ2v) is 15.3. The zero-order valence-electron chi connectivity index (χ0n) is 31.1. The number of aromatic nitrogens is 1. The summed E-state index contributed by atoms with van der Waals surface area (Å²) < 4.78 is 20.9. The molecule has 0 aliphatic carbocycles. The summed E-state index contributed by atoms with van der Waals surface area (Å²) in [7, 11) is 3.14. The number of carbonyl (C=O) groups excluding carboxylic acids is 1. The molecule has 4 aromatic carbocycles. The molecule has 14 heteroatoms. The lowest BCUT2D eigenvalue weighted by atomic mass is 9.86. The molecule has 2 amide bonds. The highest BCUT2D eigenvalue weighted by atomic mass is 32.2. The van der Waals surface area contributed by atoms with Crippen LogP contribution in [0.5, 0.6) is 23.0 Å². The Morgan fingerprint density at radius 2 is 1.50 bits per heavy atom. The van der Waals surface area contributed by atoms with E-state index in [2.05, 4.69) is 46.4 Å². The lowest BCUT2D eigenvalue weighted by molar-refractivity contribution is 0.0237. The van der Waals surface area contributed by atoms with Gasteiger partial charge in [0.15, 0.2) is 5.75 Å². The Labute approximate surface area is 324 Å². The van der Waals surface area contributed by atoms with Crippen LogP contribution in [0.15, 0.2) is 90.0 Å². The van der Waals surface area contributed by atoms with Crippen LogP contribution >= 0.6 is 23.7 Å². The maximum atomic E-state index is 13.5. The SMILES string of the molecule is COc1cc(Nc2cc(Oc3ccc(NC(=O)Nc4cc(C(C)(C)C)cc(NSC)c4OC)c4ccccc34)ccn2)ccc1SCC(CO)(CO)CO. The molecule has 1 aromatic heterocycles. The first kappa shape index (κ1) is 40.3. The minimum absolute atomic E-state index is 0.163. The monoisotopic (exact) mass is 773 g/mol. The molecule has 286 valence electrons. The van der Waals surface area contributed by atoms with Crippen molar-refractivity contribution in [2.24, 2.45) is 5.41 Å². The number of hydrogen-bond acceptors (Lipinski definition) is 12. The molecule has 0 aliphatic heterocycles. The van der Waals surface area contributed by atoms with E-state index in [4.69, 9.17) is 14.2 Å². The van der Waals surface area contributed by atoms with Gasteiger partial charge < -0.3 is 50.2 Å². The zero-order chi connectivity index (χ0) is 38.9. The molecule has 0 atom stereocenters. The second-order valence-electron chi connectivity index (χ2n) is 13.6. The number of aliphatic hydroxyl groups is 3. The molecule has 0 aliphatic rings. The fourth-order valence-corrected chi connectivity index (χ4v) is 7.06. The Morgan fingerprint density at radius 1 is 0.796 bits per heavy atom. The Kier molecular flexibility index (Phi) is 13.4. The molecule has 0 saturated carbocycles. The van der Waals surface area contributed by atoms with Gasteiger partial charge >= 0.3 is 6.03 Å². The summed E-state index contributed by atoms with van der Waals surface area (Å²) in [6, 6.07) is 23.9. The molecule has 7 N–H and O–H groups in total. The number of urea groups is 1. The largest absolute Gasteiger partial charge is 0.496 e. The smallest absolute Gasteiger partial charge is 0.323 e. The Bertz CT molecular complexity index is 2060. The van der Waals surface area contributed by atoms with Gasteiger partial charge in [0.05, 0.1) is 51.1 Å². The van der Waals surface area contributed by atoms with Gasteiger partial charge in [-0.25, -0.2) is 9.78 Å². The Balaban J connectivity index is 1.32.